The number of ether oxygens (including phenoxy) is 1. The molecule has 1 aliphatic rings. The number of rotatable bonds is 3. The standard InChI is InChI=1S/C22H26FN3O3/c1-22(2,3)29-21(28)25(4)19-13-24-17-11-10-16(23)12-18(17)26(20(19)27)14-15-8-6-5-7-9-15/h5-12,19,24H,13-14H2,1-4H3/t19-/m0/s1. The largest absolute Gasteiger partial charge is 0.444 e. The summed E-state index contributed by atoms with van der Waals surface area (Å²) in [5, 5.41) is 3.17. The molecule has 2 aromatic rings. The number of carbonyl (C=O) groups excluding carboxylic acids is 2. The van der Waals surface area contributed by atoms with Gasteiger partial charge in [0.15, 0.2) is 0 Å². The third kappa shape index (κ3) is 4.85. The van der Waals surface area contributed by atoms with Crippen molar-refractivity contribution < 1.29 is 18.7 Å². The lowest BCUT2D eigenvalue weighted by molar-refractivity contribution is -0.123. The van der Waals surface area contributed by atoms with Crippen LogP contribution in [0, 0.1) is 5.82 Å². The molecule has 0 bridgehead atoms. The molecule has 1 N–H and O–H groups in total. The average molecular weight is 399 g/mol. The van der Waals surface area contributed by atoms with Crippen molar-refractivity contribution in [2.45, 2.75) is 39.0 Å². The minimum atomic E-state index is -0.802. The zero-order valence-electron chi connectivity index (χ0n) is 17.1. The van der Waals surface area contributed by atoms with Crippen LogP contribution in [0.5, 0.6) is 0 Å². The number of carbonyl (C=O) groups is 2. The van der Waals surface area contributed by atoms with E-state index in [9.17, 15) is 14.0 Å². The minimum Gasteiger partial charge on any atom is -0.444 e. The molecule has 2 amide bonds. The van der Waals surface area contributed by atoms with Gasteiger partial charge in [0.1, 0.15) is 17.5 Å². The number of benzene rings is 2. The third-order valence-electron chi connectivity index (χ3n) is 4.62. The van der Waals surface area contributed by atoms with E-state index in [0.717, 1.165) is 5.56 Å². The number of hydrogen-bond acceptors (Lipinski definition) is 4. The van der Waals surface area contributed by atoms with Crippen molar-refractivity contribution in [3.8, 4) is 0 Å². The highest BCUT2D eigenvalue weighted by Gasteiger charge is 2.36. The lowest BCUT2D eigenvalue weighted by Crippen LogP contribution is -2.52. The summed E-state index contributed by atoms with van der Waals surface area (Å²) in [6.45, 7) is 5.76. The predicted octanol–water partition coefficient (Wildman–Crippen LogP) is 4.02. The number of nitrogens with one attached hydrogen (secondary N) is 1. The number of amides is 2. The molecule has 1 aliphatic heterocycles. The summed E-state index contributed by atoms with van der Waals surface area (Å²) >= 11 is 0. The van der Waals surface area contributed by atoms with Crippen LogP contribution >= 0.6 is 0 Å². The van der Waals surface area contributed by atoms with Gasteiger partial charge in [-0.15, -0.1) is 0 Å². The molecule has 1 atom stereocenters. The highest BCUT2D eigenvalue weighted by Crippen LogP contribution is 2.32. The van der Waals surface area contributed by atoms with Gasteiger partial charge in [0.2, 0.25) is 0 Å². The first kappa shape index (κ1) is 20.6. The molecule has 0 saturated carbocycles. The fourth-order valence-electron chi connectivity index (χ4n) is 3.16. The molecule has 0 fully saturated rings. The first-order valence-corrected chi connectivity index (χ1v) is 9.50. The molecule has 29 heavy (non-hydrogen) atoms. The quantitative estimate of drug-likeness (QED) is 0.847. The number of nitrogens with zero attached hydrogens (tertiary/aromatic N) is 2. The molecule has 2 aromatic carbocycles. The summed E-state index contributed by atoms with van der Waals surface area (Å²) in [6.07, 6.45) is -0.588. The van der Waals surface area contributed by atoms with E-state index >= 15 is 0 Å². The Morgan fingerprint density at radius 2 is 1.93 bits per heavy atom. The summed E-state index contributed by atoms with van der Waals surface area (Å²) in [5.41, 5.74) is 1.30. The van der Waals surface area contributed by atoms with Gasteiger partial charge >= 0.3 is 6.09 Å². The Bertz CT molecular complexity index is 896. The van der Waals surface area contributed by atoms with Gasteiger partial charge in [-0.3, -0.25) is 9.69 Å². The van der Waals surface area contributed by atoms with E-state index in [4.69, 9.17) is 4.74 Å². The summed E-state index contributed by atoms with van der Waals surface area (Å²) in [4.78, 5) is 28.8. The summed E-state index contributed by atoms with van der Waals surface area (Å²) in [5.74, 6) is -0.741. The Labute approximate surface area is 170 Å². The maximum absolute atomic E-state index is 14.0. The minimum absolute atomic E-state index is 0.193. The second-order valence-corrected chi connectivity index (χ2v) is 8.06. The number of halogens is 1. The Morgan fingerprint density at radius 3 is 2.59 bits per heavy atom. The summed E-state index contributed by atoms with van der Waals surface area (Å²) in [7, 11) is 1.54. The first-order chi connectivity index (χ1) is 13.7. The van der Waals surface area contributed by atoms with Crippen molar-refractivity contribution in [3.63, 3.8) is 0 Å². The van der Waals surface area contributed by atoms with Crippen LogP contribution in [0.2, 0.25) is 0 Å². The van der Waals surface area contributed by atoms with Gasteiger partial charge in [0, 0.05) is 13.6 Å². The maximum Gasteiger partial charge on any atom is 0.410 e. The molecule has 0 aromatic heterocycles. The molecule has 0 saturated heterocycles. The Hall–Kier alpha value is -3.09. The second kappa shape index (κ2) is 8.11. The van der Waals surface area contributed by atoms with Gasteiger partial charge in [0.25, 0.3) is 5.91 Å². The fraction of sp³-hybridized carbons (Fsp3) is 0.364. The molecule has 7 heteroatoms. The van der Waals surface area contributed by atoms with Crippen molar-refractivity contribution in [1.82, 2.24) is 4.90 Å². The van der Waals surface area contributed by atoms with Gasteiger partial charge in [-0.05, 0) is 44.5 Å². The second-order valence-electron chi connectivity index (χ2n) is 8.06. The molecule has 0 radical (unpaired) electrons. The monoisotopic (exact) mass is 399 g/mol. The first-order valence-electron chi connectivity index (χ1n) is 9.50. The van der Waals surface area contributed by atoms with Gasteiger partial charge in [-0.1, -0.05) is 30.3 Å². The van der Waals surface area contributed by atoms with Crippen LogP contribution in [0.4, 0.5) is 20.6 Å². The lowest BCUT2D eigenvalue weighted by Gasteiger charge is -2.31. The van der Waals surface area contributed by atoms with Crippen molar-refractivity contribution in [2.24, 2.45) is 0 Å². The van der Waals surface area contributed by atoms with Crippen LogP contribution in [-0.2, 0) is 16.1 Å². The van der Waals surface area contributed by atoms with Crippen molar-refractivity contribution in [2.75, 3.05) is 23.8 Å². The molecule has 154 valence electrons. The number of hydrogen-bond donors (Lipinski definition) is 1. The van der Waals surface area contributed by atoms with Crippen molar-refractivity contribution in [3.05, 3.63) is 59.9 Å². The van der Waals surface area contributed by atoms with E-state index in [1.54, 1.807) is 26.8 Å². The van der Waals surface area contributed by atoms with Gasteiger partial charge in [-0.25, -0.2) is 9.18 Å². The maximum atomic E-state index is 14.0. The lowest BCUT2D eigenvalue weighted by atomic mass is 10.1. The molecular formula is C22H26FN3O3. The van der Waals surface area contributed by atoms with Gasteiger partial charge < -0.3 is 15.0 Å². The molecule has 0 spiro atoms. The molecular weight excluding hydrogens is 373 g/mol. The molecule has 1 heterocycles. The van der Waals surface area contributed by atoms with Gasteiger partial charge in [-0.2, -0.15) is 0 Å². The number of anilines is 2. The number of fused-ring (bicyclic) bond motifs is 1. The molecule has 0 aliphatic carbocycles. The van der Waals surface area contributed by atoms with E-state index in [2.05, 4.69) is 5.32 Å². The third-order valence-corrected chi connectivity index (χ3v) is 4.62. The fourth-order valence-corrected chi connectivity index (χ4v) is 3.16. The normalized spacial score (nSPS) is 16.5. The zero-order chi connectivity index (χ0) is 21.2. The van der Waals surface area contributed by atoms with E-state index < -0.39 is 23.6 Å². The number of likely N-dealkylation sites (N-methyl/N-ethyl adjacent to an activating group) is 1. The van der Waals surface area contributed by atoms with Crippen LogP contribution < -0.4 is 10.2 Å². The molecule has 6 nitrogen and oxygen atoms in total. The van der Waals surface area contributed by atoms with Crippen LogP contribution in [0.3, 0.4) is 0 Å². The van der Waals surface area contributed by atoms with Crippen LogP contribution in [-0.4, -0.2) is 42.1 Å². The predicted molar refractivity (Wildman–Crippen MR) is 110 cm³/mol. The van der Waals surface area contributed by atoms with Crippen LogP contribution in [0.1, 0.15) is 26.3 Å². The van der Waals surface area contributed by atoms with Crippen molar-refractivity contribution >= 4 is 23.4 Å². The SMILES string of the molecule is CN(C(=O)OC(C)(C)C)[C@H]1CNc2ccc(F)cc2N(Cc2ccccc2)C1=O. The van der Waals surface area contributed by atoms with E-state index in [1.165, 1.54) is 29.0 Å². The van der Waals surface area contributed by atoms with Crippen LogP contribution in [0.15, 0.2) is 48.5 Å². The summed E-state index contributed by atoms with van der Waals surface area (Å²) < 4.78 is 19.4. The Balaban J connectivity index is 1.95. The zero-order valence-corrected chi connectivity index (χ0v) is 17.1. The molecule has 3 rings (SSSR count). The highest BCUT2D eigenvalue weighted by atomic mass is 19.1. The topological polar surface area (TPSA) is 61.9 Å². The molecule has 0 unspecified atom stereocenters. The van der Waals surface area contributed by atoms with E-state index in [-0.39, 0.29) is 19.0 Å². The highest BCUT2D eigenvalue weighted by molar-refractivity contribution is 6.02. The van der Waals surface area contributed by atoms with Crippen LogP contribution in [0.25, 0.3) is 0 Å². The van der Waals surface area contributed by atoms with Crippen molar-refractivity contribution in [1.29, 1.82) is 0 Å². The Kier molecular flexibility index (Phi) is 5.77. The van der Waals surface area contributed by atoms with Gasteiger partial charge in [0.05, 0.1) is 17.9 Å². The Morgan fingerprint density at radius 1 is 1.24 bits per heavy atom. The average Bonchev–Trinajstić information content (AvgIpc) is 2.78. The smallest absolute Gasteiger partial charge is 0.410 e. The summed E-state index contributed by atoms with van der Waals surface area (Å²) in [6, 6.07) is 12.9. The van der Waals surface area contributed by atoms with E-state index in [0.29, 0.717) is 11.4 Å². The van der Waals surface area contributed by atoms with E-state index in [1.807, 2.05) is 30.3 Å².